The molecule has 0 spiro atoms. The van der Waals surface area contributed by atoms with Gasteiger partial charge in [-0.15, -0.1) is 12.4 Å². The monoisotopic (exact) mass is 413 g/mol. The zero-order valence-electron chi connectivity index (χ0n) is 16.5. The maximum atomic E-state index is 13.0. The van der Waals surface area contributed by atoms with Crippen molar-refractivity contribution in [1.29, 1.82) is 0 Å². The first kappa shape index (κ1) is 21.3. The van der Waals surface area contributed by atoms with E-state index in [2.05, 4.69) is 16.7 Å². The van der Waals surface area contributed by atoms with Gasteiger partial charge in [-0.2, -0.15) is 0 Å². The summed E-state index contributed by atoms with van der Waals surface area (Å²) in [5.41, 5.74) is 2.05. The molecule has 0 saturated carbocycles. The van der Waals surface area contributed by atoms with Crippen molar-refractivity contribution in [3.8, 4) is 0 Å². The third-order valence-corrected chi connectivity index (χ3v) is 5.82. The molecule has 1 saturated heterocycles. The van der Waals surface area contributed by atoms with E-state index in [-0.39, 0.29) is 30.1 Å². The first-order valence-electron chi connectivity index (χ1n) is 10.2. The molecule has 2 N–H and O–H groups in total. The molecule has 2 aliphatic rings. The number of nitrogens with one attached hydrogen (secondary N) is 2. The third-order valence-electron chi connectivity index (χ3n) is 5.82. The molecule has 2 aromatic rings. The number of rotatable bonds is 4. The number of hydrogen-bond donors (Lipinski definition) is 2. The van der Waals surface area contributed by atoms with Gasteiger partial charge >= 0.3 is 0 Å². The van der Waals surface area contributed by atoms with Crippen LogP contribution in [0.1, 0.15) is 29.6 Å². The van der Waals surface area contributed by atoms with E-state index in [0.717, 1.165) is 48.7 Å². The molecule has 0 aliphatic carbocycles. The standard InChI is InChI=1S/C23H27N3O2.ClH/c27-22(25-16-17-8-12-24-13-9-17)19-10-14-26(15-11-19)23(28)21-7-3-5-18-4-1-2-6-20(18)21;/h1-8,19,24H,9-16H2,(H,25,27);1H. The number of fused-ring (bicyclic) bond motifs is 1. The van der Waals surface area contributed by atoms with E-state index < -0.39 is 0 Å². The minimum absolute atomic E-state index is 0. The molecule has 1 fully saturated rings. The predicted molar refractivity (Wildman–Crippen MR) is 118 cm³/mol. The van der Waals surface area contributed by atoms with Crippen LogP contribution in [-0.2, 0) is 4.79 Å². The fourth-order valence-corrected chi connectivity index (χ4v) is 4.10. The number of halogens is 1. The summed E-state index contributed by atoms with van der Waals surface area (Å²) >= 11 is 0. The summed E-state index contributed by atoms with van der Waals surface area (Å²) in [6.07, 6.45) is 4.61. The quantitative estimate of drug-likeness (QED) is 0.757. The molecule has 4 rings (SSSR count). The second-order valence-corrected chi connectivity index (χ2v) is 7.63. The van der Waals surface area contributed by atoms with Gasteiger partial charge in [0.15, 0.2) is 0 Å². The Bertz CT molecular complexity index is 899. The number of benzene rings is 2. The Morgan fingerprint density at radius 3 is 2.59 bits per heavy atom. The SMILES string of the molecule is Cl.O=C(NCC1=CCNCC1)C1CCN(C(=O)c2cccc3ccccc23)CC1. The molecule has 5 nitrogen and oxygen atoms in total. The zero-order chi connectivity index (χ0) is 19.3. The molecular weight excluding hydrogens is 386 g/mol. The predicted octanol–water partition coefficient (Wildman–Crippen LogP) is 3.15. The van der Waals surface area contributed by atoms with E-state index in [1.165, 1.54) is 5.57 Å². The minimum Gasteiger partial charge on any atom is -0.352 e. The van der Waals surface area contributed by atoms with Crippen LogP contribution >= 0.6 is 12.4 Å². The number of amides is 2. The Morgan fingerprint density at radius 2 is 1.83 bits per heavy atom. The molecule has 29 heavy (non-hydrogen) atoms. The maximum absolute atomic E-state index is 13.0. The van der Waals surface area contributed by atoms with Crippen LogP contribution in [0.15, 0.2) is 54.1 Å². The van der Waals surface area contributed by atoms with Gasteiger partial charge in [0.2, 0.25) is 5.91 Å². The fourth-order valence-electron chi connectivity index (χ4n) is 4.10. The second kappa shape index (κ2) is 9.90. The first-order valence-corrected chi connectivity index (χ1v) is 10.2. The highest BCUT2D eigenvalue weighted by Gasteiger charge is 2.28. The summed E-state index contributed by atoms with van der Waals surface area (Å²) in [6, 6.07) is 13.8. The summed E-state index contributed by atoms with van der Waals surface area (Å²) in [5, 5.41) is 8.43. The number of piperidine rings is 1. The number of hydrogen-bond acceptors (Lipinski definition) is 3. The fraction of sp³-hybridized carbons (Fsp3) is 0.391. The molecule has 0 radical (unpaired) electrons. The summed E-state index contributed by atoms with van der Waals surface area (Å²) < 4.78 is 0. The van der Waals surface area contributed by atoms with E-state index in [1.807, 2.05) is 47.4 Å². The summed E-state index contributed by atoms with van der Waals surface area (Å²) in [4.78, 5) is 27.4. The Labute approximate surface area is 177 Å². The lowest BCUT2D eigenvalue weighted by Crippen LogP contribution is -2.43. The van der Waals surface area contributed by atoms with Crippen LogP contribution in [-0.4, -0.2) is 49.4 Å². The zero-order valence-corrected chi connectivity index (χ0v) is 17.3. The van der Waals surface area contributed by atoms with Crippen LogP contribution in [0.5, 0.6) is 0 Å². The van der Waals surface area contributed by atoms with Crippen molar-refractivity contribution in [2.45, 2.75) is 19.3 Å². The molecule has 0 bridgehead atoms. The van der Waals surface area contributed by atoms with E-state index in [9.17, 15) is 9.59 Å². The van der Waals surface area contributed by atoms with Crippen molar-refractivity contribution in [3.05, 3.63) is 59.7 Å². The number of carbonyl (C=O) groups is 2. The molecule has 2 aliphatic heterocycles. The lowest BCUT2D eigenvalue weighted by atomic mass is 9.94. The highest BCUT2D eigenvalue weighted by atomic mass is 35.5. The lowest BCUT2D eigenvalue weighted by Gasteiger charge is -2.31. The Morgan fingerprint density at radius 1 is 1.07 bits per heavy atom. The largest absolute Gasteiger partial charge is 0.352 e. The highest BCUT2D eigenvalue weighted by Crippen LogP contribution is 2.23. The number of nitrogens with zero attached hydrogens (tertiary/aromatic N) is 1. The molecular formula is C23H28ClN3O2. The van der Waals surface area contributed by atoms with Gasteiger partial charge in [0, 0.05) is 37.7 Å². The number of carbonyl (C=O) groups excluding carboxylic acids is 2. The normalized spacial score (nSPS) is 17.4. The van der Waals surface area contributed by atoms with Crippen LogP contribution in [0.4, 0.5) is 0 Å². The minimum atomic E-state index is -0.00103. The average molecular weight is 414 g/mol. The van der Waals surface area contributed by atoms with Crippen LogP contribution in [0.3, 0.4) is 0 Å². The van der Waals surface area contributed by atoms with E-state index in [0.29, 0.717) is 19.6 Å². The van der Waals surface area contributed by atoms with Crippen molar-refractivity contribution in [2.24, 2.45) is 5.92 Å². The van der Waals surface area contributed by atoms with E-state index in [4.69, 9.17) is 0 Å². The highest BCUT2D eigenvalue weighted by molar-refractivity contribution is 6.07. The molecule has 0 unspecified atom stereocenters. The van der Waals surface area contributed by atoms with Gasteiger partial charge in [0.05, 0.1) is 0 Å². The van der Waals surface area contributed by atoms with Crippen LogP contribution in [0.25, 0.3) is 10.8 Å². The van der Waals surface area contributed by atoms with Gasteiger partial charge in [0.25, 0.3) is 5.91 Å². The van der Waals surface area contributed by atoms with Crippen molar-refractivity contribution >= 4 is 35.0 Å². The van der Waals surface area contributed by atoms with Crippen LogP contribution in [0.2, 0.25) is 0 Å². The first-order chi connectivity index (χ1) is 13.7. The molecule has 2 heterocycles. The lowest BCUT2D eigenvalue weighted by molar-refractivity contribution is -0.126. The average Bonchev–Trinajstić information content (AvgIpc) is 2.77. The van der Waals surface area contributed by atoms with Crippen LogP contribution < -0.4 is 10.6 Å². The Balaban J connectivity index is 0.00000240. The van der Waals surface area contributed by atoms with Gasteiger partial charge in [-0.25, -0.2) is 0 Å². The third kappa shape index (κ3) is 4.98. The van der Waals surface area contributed by atoms with Gasteiger partial charge in [-0.1, -0.05) is 48.0 Å². The smallest absolute Gasteiger partial charge is 0.254 e. The summed E-state index contributed by atoms with van der Waals surface area (Å²) in [7, 11) is 0. The van der Waals surface area contributed by atoms with Crippen molar-refractivity contribution in [3.63, 3.8) is 0 Å². The van der Waals surface area contributed by atoms with Gasteiger partial charge in [0.1, 0.15) is 0 Å². The van der Waals surface area contributed by atoms with Crippen molar-refractivity contribution in [2.75, 3.05) is 32.7 Å². The van der Waals surface area contributed by atoms with E-state index in [1.54, 1.807) is 0 Å². The molecule has 0 atom stereocenters. The summed E-state index contributed by atoms with van der Waals surface area (Å²) in [6.45, 7) is 3.78. The maximum Gasteiger partial charge on any atom is 0.254 e. The number of likely N-dealkylation sites (tertiary alicyclic amines) is 1. The van der Waals surface area contributed by atoms with E-state index >= 15 is 0 Å². The molecule has 6 heteroatoms. The van der Waals surface area contributed by atoms with Crippen LogP contribution in [0, 0.1) is 5.92 Å². The summed E-state index contributed by atoms with van der Waals surface area (Å²) in [5.74, 6) is 0.186. The van der Waals surface area contributed by atoms with Crippen molar-refractivity contribution < 1.29 is 9.59 Å². The second-order valence-electron chi connectivity index (χ2n) is 7.63. The Hall–Kier alpha value is -2.37. The Kier molecular flexibility index (Phi) is 7.29. The molecule has 154 valence electrons. The molecule has 0 aromatic heterocycles. The van der Waals surface area contributed by atoms with Crippen molar-refractivity contribution in [1.82, 2.24) is 15.5 Å². The van der Waals surface area contributed by atoms with Gasteiger partial charge in [-0.3, -0.25) is 9.59 Å². The molecule has 2 amide bonds. The topological polar surface area (TPSA) is 61.4 Å². The molecule has 2 aromatic carbocycles. The van der Waals surface area contributed by atoms with Gasteiger partial charge < -0.3 is 15.5 Å². The van der Waals surface area contributed by atoms with Gasteiger partial charge in [-0.05, 0) is 42.6 Å².